The first-order valence-electron chi connectivity index (χ1n) is 5.58. The van der Waals surface area contributed by atoms with Crippen molar-refractivity contribution < 1.29 is 14.6 Å². The molecule has 5 heteroatoms. The van der Waals surface area contributed by atoms with Crippen molar-refractivity contribution in [2.24, 2.45) is 5.73 Å². The number of carbonyl (C=O) groups excluding carboxylic acids is 1. The zero-order valence-electron chi connectivity index (χ0n) is 9.69. The Bertz CT molecular complexity index is 380. The number of rotatable bonds is 7. The second kappa shape index (κ2) is 6.75. The second-order valence-corrected chi connectivity index (χ2v) is 3.72. The first-order chi connectivity index (χ1) is 8.16. The Balaban J connectivity index is 2.60. The summed E-state index contributed by atoms with van der Waals surface area (Å²) in [6.45, 7) is 0.633. The molecular weight excluding hydrogens is 220 g/mol. The zero-order chi connectivity index (χ0) is 12.7. The van der Waals surface area contributed by atoms with Gasteiger partial charge in [-0.15, -0.1) is 0 Å². The third kappa shape index (κ3) is 3.96. The van der Waals surface area contributed by atoms with E-state index in [1.54, 1.807) is 18.2 Å². The van der Waals surface area contributed by atoms with Crippen molar-refractivity contribution in [1.29, 1.82) is 0 Å². The maximum Gasteiger partial charge on any atom is 0.252 e. The highest BCUT2D eigenvalue weighted by Crippen LogP contribution is 2.26. The monoisotopic (exact) mass is 238 g/mol. The Morgan fingerprint density at radius 3 is 2.71 bits per heavy atom. The molecule has 0 aromatic heterocycles. The topological polar surface area (TPSA) is 98.6 Å². The van der Waals surface area contributed by atoms with Gasteiger partial charge in [-0.2, -0.15) is 0 Å². The Hall–Kier alpha value is -1.75. The smallest absolute Gasteiger partial charge is 0.252 e. The number of carbonyl (C=O) groups is 1. The van der Waals surface area contributed by atoms with Crippen LogP contribution in [0.2, 0.25) is 0 Å². The molecule has 0 aliphatic heterocycles. The van der Waals surface area contributed by atoms with Crippen molar-refractivity contribution in [2.45, 2.75) is 19.3 Å². The van der Waals surface area contributed by atoms with Gasteiger partial charge < -0.3 is 21.3 Å². The van der Waals surface area contributed by atoms with Crippen LogP contribution < -0.4 is 16.2 Å². The average molecular weight is 238 g/mol. The maximum absolute atomic E-state index is 11.2. The van der Waals surface area contributed by atoms with E-state index in [1.807, 2.05) is 0 Å². The molecule has 17 heavy (non-hydrogen) atoms. The van der Waals surface area contributed by atoms with E-state index < -0.39 is 5.91 Å². The number of aliphatic hydroxyl groups excluding tert-OH is 1. The van der Waals surface area contributed by atoms with Crippen molar-refractivity contribution in [3.63, 3.8) is 0 Å². The summed E-state index contributed by atoms with van der Waals surface area (Å²) >= 11 is 0. The number of para-hydroxylation sites is 1. The molecule has 0 bridgehead atoms. The largest absolute Gasteiger partial charge is 0.491 e. The summed E-state index contributed by atoms with van der Waals surface area (Å²) in [5.74, 6) is -0.202. The Kier molecular flexibility index (Phi) is 5.29. The molecule has 0 atom stereocenters. The van der Waals surface area contributed by atoms with Crippen LogP contribution in [0.3, 0.4) is 0 Å². The fourth-order valence-electron chi connectivity index (χ4n) is 1.47. The van der Waals surface area contributed by atoms with Gasteiger partial charge in [0.05, 0.1) is 17.9 Å². The molecule has 1 aromatic rings. The summed E-state index contributed by atoms with van der Waals surface area (Å²) in [4.78, 5) is 11.2. The molecule has 94 valence electrons. The van der Waals surface area contributed by atoms with Gasteiger partial charge in [0.25, 0.3) is 5.91 Å². The summed E-state index contributed by atoms with van der Waals surface area (Å²) in [5, 5.41) is 8.62. The Morgan fingerprint density at radius 1 is 1.29 bits per heavy atom. The van der Waals surface area contributed by atoms with Crippen LogP contribution in [-0.2, 0) is 0 Å². The molecule has 0 fully saturated rings. The number of unbranched alkanes of at least 4 members (excludes halogenated alkanes) is 2. The normalized spacial score (nSPS) is 10.2. The summed E-state index contributed by atoms with van der Waals surface area (Å²) in [6.07, 6.45) is 2.42. The van der Waals surface area contributed by atoms with Gasteiger partial charge in [-0.3, -0.25) is 4.79 Å². The maximum atomic E-state index is 11.2. The van der Waals surface area contributed by atoms with Crippen molar-refractivity contribution in [3.05, 3.63) is 23.8 Å². The van der Waals surface area contributed by atoms with Gasteiger partial charge in [0.15, 0.2) is 5.75 Å². The van der Waals surface area contributed by atoms with E-state index in [0.29, 0.717) is 23.6 Å². The Labute approximate surface area is 100 Å². The number of nitrogens with two attached hydrogens (primary N) is 2. The highest BCUT2D eigenvalue weighted by molar-refractivity contribution is 5.97. The molecule has 0 spiro atoms. The van der Waals surface area contributed by atoms with Gasteiger partial charge in [0.2, 0.25) is 0 Å². The first-order valence-corrected chi connectivity index (χ1v) is 5.58. The second-order valence-electron chi connectivity index (χ2n) is 3.72. The van der Waals surface area contributed by atoms with Crippen LogP contribution in [0, 0.1) is 0 Å². The fraction of sp³-hybridized carbons (Fsp3) is 0.417. The molecular formula is C12H18N2O3. The average Bonchev–Trinajstić information content (AvgIpc) is 2.30. The molecule has 1 amide bonds. The minimum absolute atomic E-state index is 0.181. The number of primary amides is 1. The van der Waals surface area contributed by atoms with E-state index in [0.717, 1.165) is 19.3 Å². The number of aliphatic hydroxyl groups is 1. The van der Waals surface area contributed by atoms with Gasteiger partial charge in [-0.25, -0.2) is 0 Å². The van der Waals surface area contributed by atoms with E-state index in [2.05, 4.69) is 0 Å². The highest BCUT2D eigenvalue weighted by atomic mass is 16.5. The SMILES string of the molecule is NC(=O)c1cccc(N)c1OCCCCCO. The third-order valence-corrected chi connectivity index (χ3v) is 2.36. The van der Waals surface area contributed by atoms with E-state index in [9.17, 15) is 4.79 Å². The van der Waals surface area contributed by atoms with E-state index in [4.69, 9.17) is 21.3 Å². The summed E-state index contributed by atoms with van der Waals surface area (Å²) in [7, 11) is 0. The molecule has 0 aliphatic carbocycles. The van der Waals surface area contributed by atoms with Crippen LogP contribution >= 0.6 is 0 Å². The van der Waals surface area contributed by atoms with Crippen molar-refractivity contribution in [1.82, 2.24) is 0 Å². The third-order valence-electron chi connectivity index (χ3n) is 2.36. The lowest BCUT2D eigenvalue weighted by Gasteiger charge is -2.11. The molecule has 0 heterocycles. The van der Waals surface area contributed by atoms with Crippen molar-refractivity contribution in [3.8, 4) is 5.75 Å². The van der Waals surface area contributed by atoms with E-state index >= 15 is 0 Å². The van der Waals surface area contributed by atoms with Gasteiger partial charge in [0, 0.05) is 6.61 Å². The number of hydrogen-bond donors (Lipinski definition) is 3. The van der Waals surface area contributed by atoms with Gasteiger partial charge in [0.1, 0.15) is 0 Å². The summed E-state index contributed by atoms with van der Waals surface area (Å²) < 4.78 is 5.47. The lowest BCUT2D eigenvalue weighted by Crippen LogP contribution is -2.14. The van der Waals surface area contributed by atoms with Gasteiger partial charge in [-0.1, -0.05) is 6.07 Å². The predicted molar refractivity (Wildman–Crippen MR) is 65.8 cm³/mol. The van der Waals surface area contributed by atoms with Crippen LogP contribution in [-0.4, -0.2) is 24.2 Å². The van der Waals surface area contributed by atoms with Crippen LogP contribution in [0.25, 0.3) is 0 Å². The van der Waals surface area contributed by atoms with Crippen LogP contribution in [0.1, 0.15) is 29.6 Å². The predicted octanol–water partition coefficient (Wildman–Crippen LogP) is 0.909. The number of amides is 1. The van der Waals surface area contributed by atoms with Crippen molar-refractivity contribution >= 4 is 11.6 Å². The van der Waals surface area contributed by atoms with Gasteiger partial charge >= 0.3 is 0 Å². The van der Waals surface area contributed by atoms with E-state index in [1.165, 1.54) is 0 Å². The zero-order valence-corrected chi connectivity index (χ0v) is 9.69. The molecule has 0 unspecified atom stereocenters. The van der Waals surface area contributed by atoms with Gasteiger partial charge in [-0.05, 0) is 31.4 Å². The van der Waals surface area contributed by atoms with Crippen LogP contribution in [0.4, 0.5) is 5.69 Å². The lowest BCUT2D eigenvalue weighted by molar-refractivity contribution is 0.0996. The summed E-state index contributed by atoms with van der Waals surface area (Å²) in [5.41, 5.74) is 11.7. The minimum Gasteiger partial charge on any atom is -0.491 e. The number of hydrogen-bond acceptors (Lipinski definition) is 4. The molecule has 0 radical (unpaired) electrons. The molecule has 0 aliphatic rings. The van der Waals surface area contributed by atoms with Crippen LogP contribution in [0.5, 0.6) is 5.75 Å². The Morgan fingerprint density at radius 2 is 2.06 bits per heavy atom. The molecule has 0 saturated carbocycles. The first kappa shape index (κ1) is 13.3. The number of ether oxygens (including phenoxy) is 1. The number of anilines is 1. The highest BCUT2D eigenvalue weighted by Gasteiger charge is 2.11. The number of benzene rings is 1. The summed E-state index contributed by atoms with van der Waals surface area (Å²) in [6, 6.07) is 4.91. The fourth-order valence-corrected chi connectivity index (χ4v) is 1.47. The van der Waals surface area contributed by atoms with Crippen LogP contribution in [0.15, 0.2) is 18.2 Å². The number of nitrogen functional groups attached to an aromatic ring is 1. The standard InChI is InChI=1S/C12H18N2O3/c13-10-6-4-5-9(12(14)16)11(10)17-8-3-1-2-7-15/h4-6,15H,1-3,7-8,13H2,(H2,14,16). The molecule has 5 nitrogen and oxygen atoms in total. The minimum atomic E-state index is -0.553. The lowest BCUT2D eigenvalue weighted by atomic mass is 10.1. The van der Waals surface area contributed by atoms with Crippen molar-refractivity contribution in [2.75, 3.05) is 18.9 Å². The molecule has 1 aromatic carbocycles. The van der Waals surface area contributed by atoms with E-state index in [-0.39, 0.29) is 6.61 Å². The quantitative estimate of drug-likeness (QED) is 0.485. The molecule has 1 rings (SSSR count). The molecule has 0 saturated heterocycles. The molecule has 5 N–H and O–H groups in total.